The van der Waals surface area contributed by atoms with E-state index in [0.717, 1.165) is 17.4 Å². The molecule has 2 aromatic rings. The summed E-state index contributed by atoms with van der Waals surface area (Å²) in [7, 11) is 0. The Bertz CT molecular complexity index is 588. The van der Waals surface area contributed by atoms with Gasteiger partial charge < -0.3 is 15.3 Å². The van der Waals surface area contributed by atoms with E-state index in [4.69, 9.17) is 17.3 Å². The minimum Gasteiger partial charge on any atom is -0.396 e. The minimum atomic E-state index is 0.0519. The lowest BCUT2D eigenvalue weighted by Gasteiger charge is -2.26. The normalized spacial score (nSPS) is 21.6. The third-order valence-corrected chi connectivity index (χ3v) is 4.88. The van der Waals surface area contributed by atoms with Gasteiger partial charge in [0.15, 0.2) is 5.11 Å². The van der Waals surface area contributed by atoms with E-state index in [0.29, 0.717) is 6.42 Å². The van der Waals surface area contributed by atoms with Crippen molar-refractivity contribution in [1.29, 1.82) is 0 Å². The lowest BCUT2D eigenvalue weighted by atomic mass is 10.0. The molecule has 2 atom stereocenters. The monoisotopic (exact) mass is 319 g/mol. The predicted molar refractivity (Wildman–Crippen MR) is 88.2 cm³/mol. The molecular weight excluding hydrogens is 302 g/mol. The molecule has 3 rings (SSSR count). The largest absolute Gasteiger partial charge is 0.396 e. The topological polar surface area (TPSA) is 48.4 Å². The number of aliphatic hydroxyl groups is 1. The average molecular weight is 319 g/mol. The summed E-state index contributed by atoms with van der Waals surface area (Å²) >= 11 is 7.22. The van der Waals surface area contributed by atoms with E-state index in [-0.39, 0.29) is 18.7 Å². The number of hydrogen-bond acceptors (Lipinski definition) is 4. The van der Waals surface area contributed by atoms with Gasteiger partial charge in [-0.05, 0) is 42.2 Å². The highest BCUT2D eigenvalue weighted by atomic mass is 32.1. The van der Waals surface area contributed by atoms with Crippen LogP contribution in [0.2, 0.25) is 0 Å². The van der Waals surface area contributed by atoms with Crippen LogP contribution in [0.4, 0.5) is 0 Å². The number of hydrogen-bond donors (Lipinski definition) is 2. The number of rotatable bonds is 5. The summed E-state index contributed by atoms with van der Waals surface area (Å²) in [5.41, 5.74) is 0.991. The standard InChI is InChI=1S/C15H17N3OS2/c19-9-4-8-18-14(12-6-3-10-21-12)13(17-15(18)20)11-5-1-2-7-16-11/h1-3,5-7,10,13-14,19H,4,8-9H2,(H,17,20)/t13-,14-/m1/s1. The second-order valence-corrected chi connectivity index (χ2v) is 6.28. The Labute approximate surface area is 133 Å². The van der Waals surface area contributed by atoms with Crippen molar-refractivity contribution in [2.45, 2.75) is 18.5 Å². The number of nitrogens with zero attached hydrogens (tertiary/aromatic N) is 2. The number of thiophene rings is 1. The van der Waals surface area contributed by atoms with Crippen molar-refractivity contribution in [3.05, 3.63) is 52.5 Å². The maximum absolute atomic E-state index is 9.11. The van der Waals surface area contributed by atoms with Gasteiger partial charge in [0.2, 0.25) is 0 Å². The summed E-state index contributed by atoms with van der Waals surface area (Å²) in [6.45, 7) is 0.915. The van der Waals surface area contributed by atoms with Crippen molar-refractivity contribution in [2.75, 3.05) is 13.2 Å². The number of pyridine rings is 1. The summed E-state index contributed by atoms with van der Waals surface area (Å²) < 4.78 is 0. The van der Waals surface area contributed by atoms with Crippen LogP contribution in [-0.2, 0) is 0 Å². The summed E-state index contributed by atoms with van der Waals surface area (Å²) in [5, 5.41) is 15.3. The molecule has 1 aliphatic rings. The van der Waals surface area contributed by atoms with Gasteiger partial charge in [-0.25, -0.2) is 0 Å². The molecule has 0 unspecified atom stereocenters. The molecule has 0 aromatic carbocycles. The fourth-order valence-corrected chi connectivity index (χ4v) is 3.86. The molecule has 6 heteroatoms. The molecule has 2 N–H and O–H groups in total. The Morgan fingerprint density at radius 2 is 2.24 bits per heavy atom. The van der Waals surface area contributed by atoms with Crippen LogP contribution in [0.25, 0.3) is 0 Å². The molecule has 4 nitrogen and oxygen atoms in total. The maximum atomic E-state index is 9.11. The molecule has 0 bridgehead atoms. The fourth-order valence-electron chi connectivity index (χ4n) is 2.66. The molecule has 110 valence electrons. The highest BCUT2D eigenvalue weighted by molar-refractivity contribution is 7.80. The Balaban J connectivity index is 1.94. The Morgan fingerprint density at radius 1 is 1.33 bits per heavy atom. The van der Waals surface area contributed by atoms with Gasteiger partial charge in [-0.3, -0.25) is 4.98 Å². The lowest BCUT2D eigenvalue weighted by Crippen LogP contribution is -2.30. The van der Waals surface area contributed by atoms with Crippen molar-refractivity contribution in [3.63, 3.8) is 0 Å². The highest BCUT2D eigenvalue weighted by Gasteiger charge is 2.39. The first-order chi connectivity index (χ1) is 10.3. The van der Waals surface area contributed by atoms with Crippen LogP contribution in [0.3, 0.4) is 0 Å². The van der Waals surface area contributed by atoms with Crippen LogP contribution in [0.5, 0.6) is 0 Å². The van der Waals surface area contributed by atoms with Crippen molar-refractivity contribution in [2.24, 2.45) is 0 Å². The third kappa shape index (κ3) is 2.92. The molecular formula is C15H17N3OS2. The van der Waals surface area contributed by atoms with Gasteiger partial charge in [-0.15, -0.1) is 11.3 Å². The second kappa shape index (κ2) is 6.51. The van der Waals surface area contributed by atoms with Gasteiger partial charge in [0.25, 0.3) is 0 Å². The SMILES string of the molecule is OCCCN1C(=S)N[C@H](c2ccccn2)[C@H]1c1cccs1. The van der Waals surface area contributed by atoms with E-state index in [1.807, 2.05) is 24.4 Å². The van der Waals surface area contributed by atoms with Crippen molar-refractivity contribution >= 4 is 28.7 Å². The molecule has 0 spiro atoms. The van der Waals surface area contributed by atoms with Gasteiger partial charge in [0.05, 0.1) is 17.8 Å². The fraction of sp³-hybridized carbons (Fsp3) is 0.333. The first-order valence-corrected chi connectivity index (χ1v) is 8.22. The molecule has 1 fully saturated rings. The molecule has 21 heavy (non-hydrogen) atoms. The first kappa shape index (κ1) is 14.4. The quantitative estimate of drug-likeness (QED) is 0.829. The summed E-state index contributed by atoms with van der Waals surface area (Å²) in [6, 6.07) is 10.3. The van der Waals surface area contributed by atoms with E-state index in [9.17, 15) is 0 Å². The van der Waals surface area contributed by atoms with Crippen LogP contribution >= 0.6 is 23.6 Å². The average Bonchev–Trinajstić information content (AvgIpc) is 3.13. The molecule has 0 amide bonds. The molecule has 3 heterocycles. The predicted octanol–water partition coefficient (Wildman–Crippen LogP) is 2.50. The number of nitrogens with one attached hydrogen (secondary N) is 1. The third-order valence-electron chi connectivity index (χ3n) is 3.59. The molecule has 1 saturated heterocycles. The van der Waals surface area contributed by atoms with Crippen LogP contribution in [0.1, 0.15) is 29.1 Å². The second-order valence-electron chi connectivity index (χ2n) is 4.91. The van der Waals surface area contributed by atoms with Crippen LogP contribution in [-0.4, -0.2) is 33.3 Å². The highest BCUT2D eigenvalue weighted by Crippen LogP contribution is 2.40. The van der Waals surface area contributed by atoms with Crippen LogP contribution in [0.15, 0.2) is 41.9 Å². The van der Waals surface area contributed by atoms with Gasteiger partial charge in [0, 0.05) is 24.2 Å². The Kier molecular flexibility index (Phi) is 4.48. The summed E-state index contributed by atoms with van der Waals surface area (Å²) in [4.78, 5) is 7.90. The van der Waals surface area contributed by atoms with E-state index in [1.54, 1.807) is 11.3 Å². The van der Waals surface area contributed by atoms with Crippen molar-refractivity contribution in [1.82, 2.24) is 15.2 Å². The van der Waals surface area contributed by atoms with Gasteiger partial charge in [-0.1, -0.05) is 12.1 Å². The molecule has 0 radical (unpaired) electrons. The van der Waals surface area contributed by atoms with E-state index >= 15 is 0 Å². The lowest BCUT2D eigenvalue weighted by molar-refractivity contribution is 0.249. The number of aliphatic hydroxyl groups excluding tert-OH is 1. The van der Waals surface area contributed by atoms with Crippen molar-refractivity contribution < 1.29 is 5.11 Å². The number of thiocarbonyl (C=S) groups is 1. The Morgan fingerprint density at radius 3 is 2.90 bits per heavy atom. The minimum absolute atomic E-state index is 0.0519. The smallest absolute Gasteiger partial charge is 0.170 e. The Hall–Kier alpha value is -1.50. The van der Waals surface area contributed by atoms with Gasteiger partial charge in [0.1, 0.15) is 0 Å². The zero-order chi connectivity index (χ0) is 14.7. The zero-order valence-corrected chi connectivity index (χ0v) is 13.1. The van der Waals surface area contributed by atoms with Crippen LogP contribution < -0.4 is 5.32 Å². The van der Waals surface area contributed by atoms with Crippen LogP contribution in [0, 0.1) is 0 Å². The molecule has 2 aromatic heterocycles. The zero-order valence-electron chi connectivity index (χ0n) is 11.5. The molecule has 1 aliphatic heterocycles. The van der Waals surface area contributed by atoms with Crippen molar-refractivity contribution in [3.8, 4) is 0 Å². The number of aromatic nitrogens is 1. The van der Waals surface area contributed by atoms with E-state index < -0.39 is 0 Å². The molecule has 0 saturated carbocycles. The van der Waals surface area contributed by atoms with Gasteiger partial charge >= 0.3 is 0 Å². The maximum Gasteiger partial charge on any atom is 0.170 e. The summed E-state index contributed by atoms with van der Waals surface area (Å²) in [6.07, 6.45) is 2.51. The van der Waals surface area contributed by atoms with Gasteiger partial charge in [-0.2, -0.15) is 0 Å². The summed E-state index contributed by atoms with van der Waals surface area (Å²) in [5.74, 6) is 0. The van der Waals surface area contributed by atoms with E-state index in [2.05, 4.69) is 32.7 Å². The van der Waals surface area contributed by atoms with E-state index in [1.165, 1.54) is 4.88 Å². The first-order valence-electron chi connectivity index (χ1n) is 6.93. The molecule has 0 aliphatic carbocycles.